The highest BCUT2D eigenvalue weighted by Crippen LogP contribution is 2.32. The van der Waals surface area contributed by atoms with Crippen molar-refractivity contribution in [2.24, 2.45) is 11.7 Å². The summed E-state index contributed by atoms with van der Waals surface area (Å²) in [4.78, 5) is 11.1. The van der Waals surface area contributed by atoms with Crippen molar-refractivity contribution < 1.29 is 4.79 Å². The van der Waals surface area contributed by atoms with Crippen molar-refractivity contribution in [1.29, 1.82) is 0 Å². The van der Waals surface area contributed by atoms with Crippen LogP contribution in [0.4, 0.5) is 0 Å². The standard InChI is InChI=1S/C12H18N2O/c1-8(9-6-12(15)14-7-9)10-4-2-3-5-11(10)13/h6,10-11H,1-5,7,13H2,(H,14,15)/t10?,11-/m1/s1. The summed E-state index contributed by atoms with van der Waals surface area (Å²) in [6.45, 7) is 4.73. The Kier molecular flexibility index (Phi) is 2.91. The highest BCUT2D eigenvalue weighted by atomic mass is 16.1. The molecule has 1 saturated carbocycles. The highest BCUT2D eigenvalue weighted by molar-refractivity contribution is 5.92. The number of nitrogens with one attached hydrogen (secondary N) is 1. The first kappa shape index (κ1) is 10.4. The molecule has 1 amide bonds. The molecule has 2 rings (SSSR count). The fourth-order valence-corrected chi connectivity index (χ4v) is 2.48. The summed E-state index contributed by atoms with van der Waals surface area (Å²) in [5.41, 5.74) is 8.20. The molecule has 82 valence electrons. The number of amides is 1. The lowest BCUT2D eigenvalue weighted by Gasteiger charge is -2.30. The Morgan fingerprint density at radius 3 is 2.80 bits per heavy atom. The van der Waals surface area contributed by atoms with Crippen LogP contribution in [0.5, 0.6) is 0 Å². The van der Waals surface area contributed by atoms with Gasteiger partial charge in [-0.15, -0.1) is 0 Å². The van der Waals surface area contributed by atoms with Crippen molar-refractivity contribution in [1.82, 2.24) is 5.32 Å². The van der Waals surface area contributed by atoms with Gasteiger partial charge >= 0.3 is 0 Å². The average molecular weight is 206 g/mol. The van der Waals surface area contributed by atoms with Crippen LogP contribution in [0, 0.1) is 5.92 Å². The molecule has 3 heteroatoms. The second kappa shape index (κ2) is 4.19. The Morgan fingerprint density at radius 2 is 2.20 bits per heavy atom. The van der Waals surface area contributed by atoms with E-state index in [-0.39, 0.29) is 11.9 Å². The Hall–Kier alpha value is -1.09. The maximum absolute atomic E-state index is 11.1. The van der Waals surface area contributed by atoms with Crippen LogP contribution in [0.2, 0.25) is 0 Å². The molecular weight excluding hydrogens is 188 g/mol. The van der Waals surface area contributed by atoms with Gasteiger partial charge < -0.3 is 11.1 Å². The number of nitrogens with two attached hydrogens (primary N) is 1. The third-order valence-corrected chi connectivity index (χ3v) is 3.44. The zero-order valence-corrected chi connectivity index (χ0v) is 8.96. The van der Waals surface area contributed by atoms with E-state index in [0.717, 1.165) is 24.0 Å². The first-order valence-electron chi connectivity index (χ1n) is 5.61. The van der Waals surface area contributed by atoms with E-state index >= 15 is 0 Å². The minimum Gasteiger partial charge on any atom is -0.348 e. The van der Waals surface area contributed by atoms with E-state index in [2.05, 4.69) is 11.9 Å². The molecule has 2 aliphatic rings. The Labute approximate surface area is 90.4 Å². The molecule has 2 atom stereocenters. The van der Waals surface area contributed by atoms with Crippen LogP contribution >= 0.6 is 0 Å². The average Bonchev–Trinajstić information content (AvgIpc) is 2.65. The number of rotatable bonds is 2. The van der Waals surface area contributed by atoms with Gasteiger partial charge in [-0.2, -0.15) is 0 Å². The van der Waals surface area contributed by atoms with Crippen LogP contribution in [0.3, 0.4) is 0 Å². The van der Waals surface area contributed by atoms with Crippen LogP contribution in [-0.2, 0) is 4.79 Å². The second-order valence-electron chi connectivity index (χ2n) is 4.47. The van der Waals surface area contributed by atoms with Gasteiger partial charge in [0.05, 0.1) is 0 Å². The van der Waals surface area contributed by atoms with Gasteiger partial charge in [-0.1, -0.05) is 19.4 Å². The summed E-state index contributed by atoms with van der Waals surface area (Å²) in [5, 5.41) is 2.77. The molecule has 1 aliphatic carbocycles. The SMILES string of the molecule is C=C(C1=CC(=O)NC1)C1CCCC[C@H]1N. The van der Waals surface area contributed by atoms with E-state index < -0.39 is 0 Å². The normalized spacial score (nSPS) is 31.0. The monoisotopic (exact) mass is 206 g/mol. The molecule has 1 fully saturated rings. The Bertz CT molecular complexity index is 320. The zero-order valence-electron chi connectivity index (χ0n) is 8.96. The molecular formula is C12H18N2O. The molecule has 0 saturated heterocycles. The Balaban J connectivity index is 2.06. The van der Waals surface area contributed by atoms with E-state index in [4.69, 9.17) is 5.73 Å². The minimum atomic E-state index is -0.00414. The molecule has 0 spiro atoms. The summed E-state index contributed by atoms with van der Waals surface area (Å²) in [5.74, 6) is 0.369. The summed E-state index contributed by atoms with van der Waals surface area (Å²) in [7, 11) is 0. The first-order valence-corrected chi connectivity index (χ1v) is 5.61. The summed E-state index contributed by atoms with van der Waals surface area (Å²) in [6, 6.07) is 0.225. The van der Waals surface area contributed by atoms with E-state index in [1.165, 1.54) is 12.8 Å². The maximum atomic E-state index is 11.1. The van der Waals surface area contributed by atoms with E-state index in [1.54, 1.807) is 6.08 Å². The highest BCUT2D eigenvalue weighted by Gasteiger charge is 2.27. The minimum absolute atomic E-state index is 0.00414. The molecule has 3 N–H and O–H groups in total. The van der Waals surface area contributed by atoms with Crippen molar-refractivity contribution in [3.05, 3.63) is 23.8 Å². The van der Waals surface area contributed by atoms with Crippen molar-refractivity contribution in [3.8, 4) is 0 Å². The van der Waals surface area contributed by atoms with Crippen molar-refractivity contribution >= 4 is 5.91 Å². The van der Waals surface area contributed by atoms with Gasteiger partial charge in [0.15, 0.2) is 0 Å². The van der Waals surface area contributed by atoms with Crippen molar-refractivity contribution in [3.63, 3.8) is 0 Å². The van der Waals surface area contributed by atoms with Crippen LogP contribution < -0.4 is 11.1 Å². The molecule has 0 aromatic heterocycles. The van der Waals surface area contributed by atoms with Crippen molar-refractivity contribution in [2.45, 2.75) is 31.7 Å². The predicted molar refractivity (Wildman–Crippen MR) is 60.2 cm³/mol. The molecule has 15 heavy (non-hydrogen) atoms. The number of carbonyl (C=O) groups is 1. The summed E-state index contributed by atoms with van der Waals surface area (Å²) in [6.07, 6.45) is 6.31. The first-order chi connectivity index (χ1) is 7.18. The van der Waals surface area contributed by atoms with Crippen molar-refractivity contribution in [2.75, 3.05) is 6.54 Å². The van der Waals surface area contributed by atoms with Crippen LogP contribution in [-0.4, -0.2) is 18.5 Å². The molecule has 1 aliphatic heterocycles. The van der Waals surface area contributed by atoms with E-state index in [0.29, 0.717) is 12.5 Å². The molecule has 0 bridgehead atoms. The predicted octanol–water partition coefficient (Wildman–Crippen LogP) is 1.12. The quantitative estimate of drug-likeness (QED) is 0.711. The molecule has 0 aromatic rings. The molecule has 0 aromatic carbocycles. The number of hydrogen-bond donors (Lipinski definition) is 2. The maximum Gasteiger partial charge on any atom is 0.244 e. The van der Waals surface area contributed by atoms with Gasteiger partial charge in [0.25, 0.3) is 0 Å². The summed E-state index contributed by atoms with van der Waals surface area (Å²) < 4.78 is 0. The van der Waals surface area contributed by atoms with Crippen LogP contribution in [0.1, 0.15) is 25.7 Å². The lowest BCUT2D eigenvalue weighted by molar-refractivity contribution is -0.115. The third-order valence-electron chi connectivity index (χ3n) is 3.44. The fourth-order valence-electron chi connectivity index (χ4n) is 2.48. The van der Waals surface area contributed by atoms with Crippen LogP contribution in [0.15, 0.2) is 23.8 Å². The third kappa shape index (κ3) is 2.12. The smallest absolute Gasteiger partial charge is 0.244 e. The number of hydrogen-bond acceptors (Lipinski definition) is 2. The fraction of sp³-hybridized carbons (Fsp3) is 0.583. The lowest BCUT2D eigenvalue weighted by atomic mass is 9.78. The summed E-state index contributed by atoms with van der Waals surface area (Å²) >= 11 is 0. The van der Waals surface area contributed by atoms with Crippen LogP contribution in [0.25, 0.3) is 0 Å². The van der Waals surface area contributed by atoms with Gasteiger partial charge in [0, 0.05) is 18.7 Å². The van der Waals surface area contributed by atoms with Gasteiger partial charge in [0.1, 0.15) is 0 Å². The molecule has 0 radical (unpaired) electrons. The van der Waals surface area contributed by atoms with Gasteiger partial charge in [-0.25, -0.2) is 0 Å². The second-order valence-corrected chi connectivity index (χ2v) is 4.47. The van der Waals surface area contributed by atoms with Gasteiger partial charge in [-0.05, 0) is 29.9 Å². The number of carbonyl (C=O) groups excluding carboxylic acids is 1. The largest absolute Gasteiger partial charge is 0.348 e. The van der Waals surface area contributed by atoms with E-state index in [9.17, 15) is 4.79 Å². The van der Waals surface area contributed by atoms with Gasteiger partial charge in [-0.3, -0.25) is 4.79 Å². The lowest BCUT2D eigenvalue weighted by Crippen LogP contribution is -2.34. The molecule has 1 unspecified atom stereocenters. The molecule has 3 nitrogen and oxygen atoms in total. The van der Waals surface area contributed by atoms with Gasteiger partial charge in [0.2, 0.25) is 5.91 Å². The van der Waals surface area contributed by atoms with E-state index in [1.807, 2.05) is 0 Å². The topological polar surface area (TPSA) is 55.1 Å². The zero-order chi connectivity index (χ0) is 10.8. The molecule has 1 heterocycles. The Morgan fingerprint density at radius 1 is 1.47 bits per heavy atom.